The lowest BCUT2D eigenvalue weighted by molar-refractivity contribution is -0.0452. The minimum Gasteiger partial charge on any atom is -0.0845 e. The monoisotopic (exact) mass is 414 g/mol. The summed E-state index contributed by atoms with van der Waals surface area (Å²) in [6, 6.07) is 0. The molecule has 0 aromatic rings. The molecule has 3 fully saturated rings. The summed E-state index contributed by atoms with van der Waals surface area (Å²) in [5.41, 5.74) is 3.08. The van der Waals surface area contributed by atoms with E-state index in [9.17, 15) is 0 Å². The molecule has 0 aliphatic heterocycles. The molecule has 0 heterocycles. The van der Waals surface area contributed by atoms with Crippen LogP contribution in [-0.4, -0.2) is 0 Å². The Kier molecular flexibility index (Phi) is 7.89. The Morgan fingerprint density at radius 3 is 2.40 bits per heavy atom. The van der Waals surface area contributed by atoms with Crippen molar-refractivity contribution in [2.45, 2.75) is 126 Å². The Balaban J connectivity index is 0.00000124. The molecule has 8 atom stereocenters. The first-order valence-electron chi connectivity index (χ1n) is 13.9. The van der Waals surface area contributed by atoms with E-state index < -0.39 is 0 Å². The summed E-state index contributed by atoms with van der Waals surface area (Å²) in [6.07, 6.45) is 19.1. The van der Waals surface area contributed by atoms with E-state index in [1.54, 1.807) is 0 Å². The number of rotatable bonds is 5. The summed E-state index contributed by atoms with van der Waals surface area (Å²) in [5.74, 6) is 6.71. The minimum absolute atomic E-state index is 0.557. The third-order valence-electron chi connectivity index (χ3n) is 10.9. The fraction of sp³-hybridized carbons (Fsp3) is 0.933. The molecule has 0 nitrogen and oxygen atoms in total. The van der Waals surface area contributed by atoms with Gasteiger partial charge in [0.25, 0.3) is 0 Å². The van der Waals surface area contributed by atoms with E-state index in [4.69, 9.17) is 0 Å². The van der Waals surface area contributed by atoms with Crippen LogP contribution >= 0.6 is 0 Å². The maximum atomic E-state index is 2.75. The Morgan fingerprint density at radius 1 is 0.967 bits per heavy atom. The highest BCUT2D eigenvalue weighted by Gasteiger charge is 2.58. The second-order valence-electron chi connectivity index (χ2n) is 12.6. The lowest BCUT2D eigenvalue weighted by Gasteiger charge is -2.58. The SMILES string of the molecule is CC.CC1CCC2(C)C(=CCC3C2CCC2(C)C(CCCC(C)C(C)C)CCC32)C1. The van der Waals surface area contributed by atoms with E-state index in [2.05, 4.69) is 47.6 Å². The molecule has 0 saturated heterocycles. The lowest BCUT2D eigenvalue weighted by atomic mass is 9.47. The largest absolute Gasteiger partial charge is 0.0845 e. The highest BCUT2D eigenvalue weighted by molar-refractivity contribution is 5.24. The molecule has 0 aromatic carbocycles. The van der Waals surface area contributed by atoms with E-state index in [1.165, 1.54) is 70.6 Å². The van der Waals surface area contributed by atoms with Crippen molar-refractivity contribution in [3.8, 4) is 0 Å². The van der Waals surface area contributed by atoms with Crippen LogP contribution in [0.4, 0.5) is 0 Å². The molecule has 4 aliphatic carbocycles. The van der Waals surface area contributed by atoms with Crippen LogP contribution in [0.5, 0.6) is 0 Å². The van der Waals surface area contributed by atoms with Gasteiger partial charge < -0.3 is 0 Å². The molecule has 8 unspecified atom stereocenters. The van der Waals surface area contributed by atoms with Gasteiger partial charge in [0, 0.05) is 0 Å². The van der Waals surface area contributed by atoms with Crippen LogP contribution in [0, 0.1) is 52.3 Å². The Morgan fingerprint density at radius 2 is 1.70 bits per heavy atom. The molecule has 0 amide bonds. The molecule has 30 heavy (non-hydrogen) atoms. The zero-order chi connectivity index (χ0) is 22.1. The van der Waals surface area contributed by atoms with Gasteiger partial charge in [-0.25, -0.2) is 0 Å². The third kappa shape index (κ3) is 4.32. The molecule has 0 N–H and O–H groups in total. The van der Waals surface area contributed by atoms with Crippen molar-refractivity contribution >= 4 is 0 Å². The van der Waals surface area contributed by atoms with E-state index in [0.29, 0.717) is 10.8 Å². The van der Waals surface area contributed by atoms with Crippen molar-refractivity contribution in [2.75, 3.05) is 0 Å². The molecule has 0 aromatic heterocycles. The van der Waals surface area contributed by atoms with Crippen molar-refractivity contribution in [2.24, 2.45) is 52.3 Å². The molecular formula is C30H54. The second kappa shape index (κ2) is 9.70. The van der Waals surface area contributed by atoms with E-state index >= 15 is 0 Å². The second-order valence-corrected chi connectivity index (χ2v) is 12.6. The minimum atomic E-state index is 0.557. The van der Waals surface area contributed by atoms with E-state index in [1.807, 2.05) is 19.4 Å². The first-order valence-corrected chi connectivity index (χ1v) is 13.9. The molecule has 0 heteroatoms. The van der Waals surface area contributed by atoms with Crippen molar-refractivity contribution in [3.05, 3.63) is 11.6 Å². The number of hydrogen-bond donors (Lipinski definition) is 0. The smallest absolute Gasteiger partial charge is 0.00851 e. The summed E-state index contributed by atoms with van der Waals surface area (Å²) in [4.78, 5) is 0. The summed E-state index contributed by atoms with van der Waals surface area (Å²) >= 11 is 0. The van der Waals surface area contributed by atoms with Gasteiger partial charge in [0.15, 0.2) is 0 Å². The van der Waals surface area contributed by atoms with Gasteiger partial charge in [-0.15, -0.1) is 0 Å². The van der Waals surface area contributed by atoms with Crippen molar-refractivity contribution in [1.82, 2.24) is 0 Å². The fourth-order valence-electron chi connectivity index (χ4n) is 8.45. The van der Waals surface area contributed by atoms with Crippen LogP contribution in [0.3, 0.4) is 0 Å². The first kappa shape index (κ1) is 24.4. The van der Waals surface area contributed by atoms with Crippen LogP contribution in [0.15, 0.2) is 11.6 Å². The molecule has 0 spiro atoms. The average Bonchev–Trinajstić information content (AvgIpc) is 3.06. The highest BCUT2D eigenvalue weighted by Crippen LogP contribution is 2.67. The van der Waals surface area contributed by atoms with Gasteiger partial charge >= 0.3 is 0 Å². The van der Waals surface area contributed by atoms with Gasteiger partial charge in [-0.2, -0.15) is 0 Å². The Hall–Kier alpha value is -0.260. The van der Waals surface area contributed by atoms with Gasteiger partial charge in [-0.05, 0) is 110 Å². The summed E-state index contributed by atoms with van der Waals surface area (Å²) in [6.45, 7) is 19.1. The van der Waals surface area contributed by atoms with Crippen molar-refractivity contribution in [1.29, 1.82) is 0 Å². The predicted molar refractivity (Wildman–Crippen MR) is 134 cm³/mol. The van der Waals surface area contributed by atoms with Crippen LogP contribution in [0.25, 0.3) is 0 Å². The maximum Gasteiger partial charge on any atom is -0.00851 e. The zero-order valence-electron chi connectivity index (χ0n) is 21.9. The third-order valence-corrected chi connectivity index (χ3v) is 10.9. The van der Waals surface area contributed by atoms with Crippen LogP contribution in [0.2, 0.25) is 0 Å². The van der Waals surface area contributed by atoms with Gasteiger partial charge in [0.1, 0.15) is 0 Å². The molecular weight excluding hydrogens is 360 g/mol. The van der Waals surface area contributed by atoms with Crippen LogP contribution in [0.1, 0.15) is 126 Å². The highest BCUT2D eigenvalue weighted by atomic mass is 14.6. The lowest BCUT2D eigenvalue weighted by Crippen LogP contribution is -2.49. The fourth-order valence-corrected chi connectivity index (χ4v) is 8.45. The topological polar surface area (TPSA) is 0 Å². The quantitative estimate of drug-likeness (QED) is 0.393. The zero-order valence-corrected chi connectivity index (χ0v) is 21.9. The van der Waals surface area contributed by atoms with E-state index in [-0.39, 0.29) is 0 Å². The predicted octanol–water partition coefficient (Wildman–Crippen LogP) is 9.69. The summed E-state index contributed by atoms with van der Waals surface area (Å²) in [5, 5.41) is 0. The van der Waals surface area contributed by atoms with Gasteiger partial charge in [0.2, 0.25) is 0 Å². The van der Waals surface area contributed by atoms with Crippen molar-refractivity contribution in [3.63, 3.8) is 0 Å². The molecule has 0 bridgehead atoms. The summed E-state index contributed by atoms with van der Waals surface area (Å²) in [7, 11) is 0. The van der Waals surface area contributed by atoms with Gasteiger partial charge in [0.05, 0.1) is 0 Å². The molecule has 4 aliphatic rings. The molecule has 4 rings (SSSR count). The van der Waals surface area contributed by atoms with Crippen LogP contribution in [-0.2, 0) is 0 Å². The number of fused-ring (bicyclic) bond motifs is 5. The Bertz CT molecular complexity index is 585. The standard InChI is InChI=1S/C28H48.C2H6/c1-19(2)21(4)8-7-9-22-11-13-25-24-12-10-23-18-20(3)14-16-28(23,6)26(24)15-17-27(22,25)5;1-2/h10,19-22,24-26H,7-9,11-18H2,1-6H3;1-2H3. The molecule has 174 valence electrons. The maximum absolute atomic E-state index is 2.75. The molecule has 3 saturated carbocycles. The number of allylic oxidation sites excluding steroid dienone is 2. The normalized spacial score (nSPS) is 43.6. The van der Waals surface area contributed by atoms with Gasteiger partial charge in [-0.1, -0.05) is 79.9 Å². The average molecular weight is 415 g/mol. The van der Waals surface area contributed by atoms with Gasteiger partial charge in [-0.3, -0.25) is 0 Å². The van der Waals surface area contributed by atoms with Crippen molar-refractivity contribution < 1.29 is 0 Å². The Labute approximate surface area is 190 Å². The van der Waals surface area contributed by atoms with Crippen LogP contribution < -0.4 is 0 Å². The number of hydrogen-bond acceptors (Lipinski definition) is 0. The van der Waals surface area contributed by atoms with E-state index in [0.717, 1.165) is 41.4 Å². The first-order chi connectivity index (χ1) is 14.3. The molecule has 0 radical (unpaired) electrons. The summed E-state index contributed by atoms with van der Waals surface area (Å²) < 4.78 is 0.